The predicted octanol–water partition coefficient (Wildman–Crippen LogP) is 2.56. The molecule has 0 fully saturated rings. The Morgan fingerprint density at radius 2 is 2.00 bits per heavy atom. The molecule has 1 amide bonds. The number of benzene rings is 1. The molecule has 110 valence electrons. The highest BCUT2D eigenvalue weighted by molar-refractivity contribution is 5.93. The Labute approximate surface area is 120 Å². The molecule has 1 aromatic heterocycles. The molecule has 0 radical (unpaired) electrons. The highest BCUT2D eigenvalue weighted by Crippen LogP contribution is 2.17. The molecule has 0 saturated heterocycles. The second kappa shape index (κ2) is 5.74. The lowest BCUT2D eigenvalue weighted by Gasteiger charge is -2.14. The molecule has 0 aliphatic rings. The summed E-state index contributed by atoms with van der Waals surface area (Å²) in [4.78, 5) is 22.3. The summed E-state index contributed by atoms with van der Waals surface area (Å²) < 4.78 is 14.2. The van der Waals surface area contributed by atoms with Gasteiger partial charge in [-0.05, 0) is 24.6 Å². The minimum absolute atomic E-state index is 0.142. The molecule has 2 aromatic rings. The van der Waals surface area contributed by atoms with Crippen LogP contribution in [0.2, 0.25) is 0 Å². The van der Waals surface area contributed by atoms with Crippen molar-refractivity contribution in [2.24, 2.45) is 7.05 Å². The maximum atomic E-state index is 12.9. The van der Waals surface area contributed by atoms with Crippen molar-refractivity contribution in [3.63, 3.8) is 0 Å². The number of nitro groups is 1. The van der Waals surface area contributed by atoms with Gasteiger partial charge in [-0.2, -0.15) is 0 Å². The van der Waals surface area contributed by atoms with Gasteiger partial charge in [-0.3, -0.25) is 14.9 Å². The van der Waals surface area contributed by atoms with E-state index in [2.05, 4.69) is 5.32 Å². The van der Waals surface area contributed by atoms with Gasteiger partial charge in [-0.15, -0.1) is 0 Å². The van der Waals surface area contributed by atoms with Gasteiger partial charge < -0.3 is 9.88 Å². The molecule has 2 rings (SSSR count). The maximum Gasteiger partial charge on any atom is 0.287 e. The zero-order valence-electron chi connectivity index (χ0n) is 11.5. The summed E-state index contributed by atoms with van der Waals surface area (Å²) in [5.74, 6) is -0.780. The van der Waals surface area contributed by atoms with Crippen LogP contribution in [-0.4, -0.2) is 15.4 Å². The van der Waals surface area contributed by atoms with Crippen molar-refractivity contribution in [2.45, 2.75) is 13.0 Å². The fourth-order valence-electron chi connectivity index (χ4n) is 1.98. The van der Waals surface area contributed by atoms with Crippen LogP contribution in [0.5, 0.6) is 0 Å². The third-order valence-corrected chi connectivity index (χ3v) is 3.15. The molecule has 21 heavy (non-hydrogen) atoms. The van der Waals surface area contributed by atoms with Gasteiger partial charge in [-0.25, -0.2) is 4.39 Å². The molecular formula is C14H14FN3O3. The summed E-state index contributed by atoms with van der Waals surface area (Å²) in [5, 5.41) is 13.4. The molecule has 1 unspecified atom stereocenters. The van der Waals surface area contributed by atoms with Crippen molar-refractivity contribution in [3.8, 4) is 0 Å². The highest BCUT2D eigenvalue weighted by Gasteiger charge is 2.19. The molecule has 1 N–H and O–H groups in total. The fourth-order valence-corrected chi connectivity index (χ4v) is 1.98. The van der Waals surface area contributed by atoms with Crippen LogP contribution in [0.25, 0.3) is 0 Å². The molecule has 0 spiro atoms. The van der Waals surface area contributed by atoms with E-state index in [1.165, 1.54) is 29.0 Å². The molecule has 1 atom stereocenters. The normalized spacial score (nSPS) is 12.0. The van der Waals surface area contributed by atoms with Gasteiger partial charge in [-0.1, -0.05) is 12.1 Å². The molecule has 7 heteroatoms. The van der Waals surface area contributed by atoms with Crippen LogP contribution in [0, 0.1) is 15.9 Å². The standard InChI is InChI=1S/C14H14FN3O3/c1-9(10-3-5-11(15)6-4-10)16-14(19)13-7-12(18(20)21)8-17(13)2/h3-9H,1-2H3,(H,16,19). The van der Waals surface area contributed by atoms with Crippen LogP contribution in [0.4, 0.5) is 10.1 Å². The van der Waals surface area contributed by atoms with E-state index in [4.69, 9.17) is 0 Å². The maximum absolute atomic E-state index is 12.9. The number of carbonyl (C=O) groups is 1. The van der Waals surface area contributed by atoms with Crippen LogP contribution in [-0.2, 0) is 7.05 Å². The van der Waals surface area contributed by atoms with E-state index in [0.717, 1.165) is 5.56 Å². The van der Waals surface area contributed by atoms with Crippen molar-refractivity contribution in [2.75, 3.05) is 0 Å². The second-order valence-corrected chi connectivity index (χ2v) is 4.70. The lowest BCUT2D eigenvalue weighted by Crippen LogP contribution is -2.28. The zero-order valence-corrected chi connectivity index (χ0v) is 11.5. The third kappa shape index (κ3) is 3.25. The van der Waals surface area contributed by atoms with Gasteiger partial charge in [0.2, 0.25) is 0 Å². The number of hydrogen-bond donors (Lipinski definition) is 1. The second-order valence-electron chi connectivity index (χ2n) is 4.70. The first-order valence-electron chi connectivity index (χ1n) is 6.25. The van der Waals surface area contributed by atoms with Gasteiger partial charge in [0, 0.05) is 13.1 Å². The largest absolute Gasteiger partial charge is 0.344 e. The molecule has 1 heterocycles. The van der Waals surface area contributed by atoms with Crippen molar-refractivity contribution < 1.29 is 14.1 Å². The lowest BCUT2D eigenvalue weighted by atomic mass is 10.1. The van der Waals surface area contributed by atoms with Crippen molar-refractivity contribution in [1.82, 2.24) is 9.88 Å². The van der Waals surface area contributed by atoms with E-state index in [-0.39, 0.29) is 23.2 Å². The number of nitrogens with one attached hydrogen (secondary N) is 1. The number of aromatic nitrogens is 1. The molecule has 0 aliphatic heterocycles. The first-order valence-corrected chi connectivity index (χ1v) is 6.25. The Kier molecular flexibility index (Phi) is 4.02. The van der Waals surface area contributed by atoms with Crippen molar-refractivity contribution in [1.29, 1.82) is 0 Å². The molecule has 0 aliphatic carbocycles. The summed E-state index contributed by atoms with van der Waals surface area (Å²) in [7, 11) is 1.56. The fraction of sp³-hybridized carbons (Fsp3) is 0.214. The Morgan fingerprint density at radius 3 is 2.52 bits per heavy atom. The minimum atomic E-state index is -0.555. The van der Waals surface area contributed by atoms with Crippen molar-refractivity contribution in [3.05, 3.63) is 63.7 Å². The first-order chi connectivity index (χ1) is 9.88. The number of nitrogens with zero attached hydrogens (tertiary/aromatic N) is 2. The Bertz CT molecular complexity index is 679. The van der Waals surface area contributed by atoms with Crippen LogP contribution < -0.4 is 5.32 Å². The number of halogens is 1. The van der Waals surface area contributed by atoms with Crippen LogP contribution in [0.1, 0.15) is 29.0 Å². The van der Waals surface area contributed by atoms with Gasteiger partial charge in [0.25, 0.3) is 11.6 Å². The highest BCUT2D eigenvalue weighted by atomic mass is 19.1. The smallest absolute Gasteiger partial charge is 0.287 e. The van der Waals surface area contributed by atoms with E-state index in [1.54, 1.807) is 26.1 Å². The number of amides is 1. The van der Waals surface area contributed by atoms with E-state index in [1.807, 2.05) is 0 Å². The zero-order chi connectivity index (χ0) is 15.6. The predicted molar refractivity (Wildman–Crippen MR) is 74.3 cm³/mol. The number of aryl methyl sites for hydroxylation is 1. The monoisotopic (exact) mass is 291 g/mol. The number of carbonyl (C=O) groups excluding carboxylic acids is 1. The molecule has 1 aromatic carbocycles. The van der Waals surface area contributed by atoms with E-state index < -0.39 is 10.8 Å². The van der Waals surface area contributed by atoms with Gasteiger partial charge >= 0.3 is 0 Å². The summed E-state index contributed by atoms with van der Waals surface area (Å²) in [5.41, 5.74) is 0.793. The van der Waals surface area contributed by atoms with E-state index >= 15 is 0 Å². The number of rotatable bonds is 4. The summed E-state index contributed by atoms with van der Waals surface area (Å²) in [6.45, 7) is 1.75. The minimum Gasteiger partial charge on any atom is -0.344 e. The average molecular weight is 291 g/mol. The summed E-state index contributed by atoms with van der Waals surface area (Å²) in [6.07, 6.45) is 1.28. The Balaban J connectivity index is 2.14. The molecule has 0 saturated carbocycles. The molecule has 0 bridgehead atoms. The van der Waals surface area contributed by atoms with Crippen LogP contribution in [0.3, 0.4) is 0 Å². The molecular weight excluding hydrogens is 277 g/mol. The average Bonchev–Trinajstić information content (AvgIpc) is 2.81. The number of hydrogen-bond acceptors (Lipinski definition) is 3. The molecule has 6 nitrogen and oxygen atoms in total. The quantitative estimate of drug-likeness (QED) is 0.694. The van der Waals surface area contributed by atoms with E-state index in [9.17, 15) is 19.3 Å². The first kappa shape index (κ1) is 14.7. The SMILES string of the molecule is CC(NC(=O)c1cc([N+](=O)[O-])cn1C)c1ccc(F)cc1. The van der Waals surface area contributed by atoms with Gasteiger partial charge in [0.05, 0.1) is 17.2 Å². The van der Waals surface area contributed by atoms with Crippen LogP contribution >= 0.6 is 0 Å². The summed E-state index contributed by atoms with van der Waals surface area (Å²) in [6, 6.07) is 6.65. The topological polar surface area (TPSA) is 77.2 Å². The van der Waals surface area contributed by atoms with Crippen LogP contribution in [0.15, 0.2) is 36.5 Å². The van der Waals surface area contributed by atoms with Gasteiger partial charge in [0.15, 0.2) is 0 Å². The van der Waals surface area contributed by atoms with E-state index in [0.29, 0.717) is 0 Å². The Morgan fingerprint density at radius 1 is 1.38 bits per heavy atom. The van der Waals surface area contributed by atoms with Crippen molar-refractivity contribution >= 4 is 11.6 Å². The Hall–Kier alpha value is -2.70. The van der Waals surface area contributed by atoms with Gasteiger partial charge in [0.1, 0.15) is 11.5 Å². The lowest BCUT2D eigenvalue weighted by molar-refractivity contribution is -0.384. The third-order valence-electron chi connectivity index (χ3n) is 3.15. The summed E-state index contributed by atoms with van der Waals surface area (Å²) >= 11 is 0.